The molecule has 0 aliphatic heterocycles. The summed E-state index contributed by atoms with van der Waals surface area (Å²) < 4.78 is 0. The van der Waals surface area contributed by atoms with E-state index in [1.807, 2.05) is 18.2 Å². The lowest BCUT2D eigenvalue weighted by Gasteiger charge is -2.25. The first-order valence-electron chi connectivity index (χ1n) is 4.60. The van der Waals surface area contributed by atoms with E-state index in [4.69, 9.17) is 0 Å². The van der Waals surface area contributed by atoms with E-state index in [1.54, 1.807) is 0 Å². The Morgan fingerprint density at radius 1 is 1.23 bits per heavy atom. The lowest BCUT2D eigenvalue weighted by Crippen LogP contribution is -2.23. The minimum atomic E-state index is 0.493. The Labute approximate surface area is 80.7 Å². The minimum absolute atomic E-state index is 0.493. The van der Waals surface area contributed by atoms with Crippen molar-refractivity contribution >= 4 is 5.70 Å². The van der Waals surface area contributed by atoms with Crippen LogP contribution in [-0.4, -0.2) is 18.0 Å². The summed E-state index contributed by atoms with van der Waals surface area (Å²) in [6.07, 6.45) is 0. The van der Waals surface area contributed by atoms with Crippen LogP contribution in [0.5, 0.6) is 0 Å². The smallest absolute Gasteiger partial charge is 0.0366 e. The van der Waals surface area contributed by atoms with Crippen LogP contribution in [0.15, 0.2) is 36.9 Å². The summed E-state index contributed by atoms with van der Waals surface area (Å²) in [4.78, 5) is 2.18. The van der Waals surface area contributed by atoms with Crippen molar-refractivity contribution in [3.63, 3.8) is 0 Å². The number of nitrogens with zero attached hydrogens (tertiary/aromatic N) is 1. The largest absolute Gasteiger partial charge is 0.372 e. The van der Waals surface area contributed by atoms with Gasteiger partial charge >= 0.3 is 0 Å². The summed E-state index contributed by atoms with van der Waals surface area (Å²) in [6.45, 7) is 8.39. The highest BCUT2D eigenvalue weighted by Crippen LogP contribution is 2.16. The molecule has 0 unspecified atom stereocenters. The van der Waals surface area contributed by atoms with Crippen LogP contribution in [0.25, 0.3) is 5.70 Å². The maximum absolute atomic E-state index is 4.07. The third kappa shape index (κ3) is 2.35. The number of hydrogen-bond donors (Lipinski definition) is 0. The maximum atomic E-state index is 4.07. The third-order valence-corrected chi connectivity index (χ3v) is 2.31. The predicted octanol–water partition coefficient (Wildman–Crippen LogP) is 3.00. The molecule has 0 atom stereocenters. The molecule has 1 heteroatoms. The first-order valence-corrected chi connectivity index (χ1v) is 4.60. The van der Waals surface area contributed by atoms with Gasteiger partial charge in [-0.15, -0.1) is 0 Å². The van der Waals surface area contributed by atoms with E-state index in [0.717, 1.165) is 5.70 Å². The van der Waals surface area contributed by atoms with Gasteiger partial charge in [0.05, 0.1) is 0 Å². The highest BCUT2D eigenvalue weighted by atomic mass is 15.1. The lowest BCUT2D eigenvalue weighted by molar-refractivity contribution is 0.397. The van der Waals surface area contributed by atoms with E-state index >= 15 is 0 Å². The molecule has 1 aromatic carbocycles. The van der Waals surface area contributed by atoms with E-state index in [0.29, 0.717) is 6.04 Å². The number of hydrogen-bond acceptors (Lipinski definition) is 1. The van der Waals surface area contributed by atoms with Crippen LogP contribution in [0.2, 0.25) is 0 Å². The van der Waals surface area contributed by atoms with Crippen LogP contribution in [0, 0.1) is 0 Å². The van der Waals surface area contributed by atoms with Gasteiger partial charge in [0, 0.05) is 18.8 Å². The molecule has 0 aromatic heterocycles. The molecule has 0 bridgehead atoms. The summed E-state index contributed by atoms with van der Waals surface area (Å²) in [5.74, 6) is 0. The fourth-order valence-corrected chi connectivity index (χ4v) is 1.15. The molecule has 70 valence electrons. The van der Waals surface area contributed by atoms with Gasteiger partial charge in [0.25, 0.3) is 0 Å². The lowest BCUT2D eigenvalue weighted by atomic mass is 10.1. The Kier molecular flexibility index (Phi) is 3.13. The molecule has 0 fully saturated rings. The van der Waals surface area contributed by atoms with E-state index in [1.165, 1.54) is 5.56 Å². The van der Waals surface area contributed by atoms with Gasteiger partial charge in [0.15, 0.2) is 0 Å². The molecule has 0 amide bonds. The zero-order valence-corrected chi connectivity index (χ0v) is 8.62. The number of benzene rings is 1. The second kappa shape index (κ2) is 4.13. The fourth-order valence-electron chi connectivity index (χ4n) is 1.15. The van der Waals surface area contributed by atoms with Crippen molar-refractivity contribution in [2.24, 2.45) is 0 Å². The van der Waals surface area contributed by atoms with Crippen LogP contribution in [-0.2, 0) is 0 Å². The molecule has 0 aliphatic rings. The van der Waals surface area contributed by atoms with Gasteiger partial charge in [-0.1, -0.05) is 36.9 Å². The SMILES string of the molecule is C=C(c1ccccc1)N(C)C(C)C. The molecule has 0 spiro atoms. The quantitative estimate of drug-likeness (QED) is 0.682. The van der Waals surface area contributed by atoms with E-state index in [-0.39, 0.29) is 0 Å². The molecule has 13 heavy (non-hydrogen) atoms. The maximum Gasteiger partial charge on any atom is 0.0366 e. The van der Waals surface area contributed by atoms with Crippen molar-refractivity contribution in [3.05, 3.63) is 42.5 Å². The van der Waals surface area contributed by atoms with Crippen LogP contribution < -0.4 is 0 Å². The Morgan fingerprint density at radius 2 is 1.77 bits per heavy atom. The summed E-state index contributed by atoms with van der Waals surface area (Å²) >= 11 is 0. The Bertz CT molecular complexity index is 274. The zero-order valence-electron chi connectivity index (χ0n) is 8.62. The van der Waals surface area contributed by atoms with Crippen LogP contribution in [0.4, 0.5) is 0 Å². The van der Waals surface area contributed by atoms with Crippen molar-refractivity contribution in [1.29, 1.82) is 0 Å². The third-order valence-electron chi connectivity index (χ3n) is 2.31. The first kappa shape index (κ1) is 9.85. The Balaban J connectivity index is 2.80. The van der Waals surface area contributed by atoms with Crippen molar-refractivity contribution < 1.29 is 0 Å². The minimum Gasteiger partial charge on any atom is -0.372 e. The van der Waals surface area contributed by atoms with Gasteiger partial charge < -0.3 is 4.90 Å². The average Bonchev–Trinajstić information content (AvgIpc) is 2.17. The Morgan fingerprint density at radius 3 is 2.23 bits per heavy atom. The molecule has 0 heterocycles. The normalized spacial score (nSPS) is 10.2. The average molecular weight is 175 g/mol. The standard InChI is InChI=1S/C12H17N/c1-10(2)13(4)11(3)12-8-6-5-7-9-12/h5-10H,3H2,1-2,4H3. The van der Waals surface area contributed by atoms with Crippen molar-refractivity contribution in [3.8, 4) is 0 Å². The van der Waals surface area contributed by atoms with Gasteiger partial charge in [0.2, 0.25) is 0 Å². The van der Waals surface area contributed by atoms with E-state index in [9.17, 15) is 0 Å². The fraction of sp³-hybridized carbons (Fsp3) is 0.333. The van der Waals surface area contributed by atoms with Crippen molar-refractivity contribution in [2.75, 3.05) is 7.05 Å². The van der Waals surface area contributed by atoms with E-state index < -0.39 is 0 Å². The molecular weight excluding hydrogens is 158 g/mol. The van der Waals surface area contributed by atoms with Crippen molar-refractivity contribution in [2.45, 2.75) is 19.9 Å². The van der Waals surface area contributed by atoms with Gasteiger partial charge in [-0.25, -0.2) is 0 Å². The molecule has 1 nitrogen and oxygen atoms in total. The molecule has 0 saturated heterocycles. The summed E-state index contributed by atoms with van der Waals surface area (Å²) in [5, 5.41) is 0. The van der Waals surface area contributed by atoms with Crippen LogP contribution in [0.1, 0.15) is 19.4 Å². The topological polar surface area (TPSA) is 3.24 Å². The van der Waals surface area contributed by atoms with E-state index in [2.05, 4.69) is 44.5 Å². The summed E-state index contributed by atoms with van der Waals surface area (Å²) in [6, 6.07) is 10.8. The first-order chi connectivity index (χ1) is 6.13. The van der Waals surface area contributed by atoms with Gasteiger partial charge in [0.1, 0.15) is 0 Å². The summed E-state index contributed by atoms with van der Waals surface area (Å²) in [7, 11) is 2.07. The van der Waals surface area contributed by atoms with Gasteiger partial charge in [-0.05, 0) is 19.4 Å². The van der Waals surface area contributed by atoms with Gasteiger partial charge in [-0.2, -0.15) is 0 Å². The molecule has 0 N–H and O–H groups in total. The second-order valence-corrected chi connectivity index (χ2v) is 3.52. The summed E-state index contributed by atoms with van der Waals surface area (Å²) in [5.41, 5.74) is 2.27. The predicted molar refractivity (Wildman–Crippen MR) is 58.4 cm³/mol. The zero-order chi connectivity index (χ0) is 9.84. The molecule has 0 saturated carbocycles. The van der Waals surface area contributed by atoms with Crippen LogP contribution >= 0.6 is 0 Å². The molecule has 1 rings (SSSR count). The second-order valence-electron chi connectivity index (χ2n) is 3.52. The van der Waals surface area contributed by atoms with Crippen LogP contribution in [0.3, 0.4) is 0 Å². The highest BCUT2D eigenvalue weighted by Gasteiger charge is 2.06. The molecule has 0 radical (unpaired) electrons. The highest BCUT2D eigenvalue weighted by molar-refractivity contribution is 5.61. The number of rotatable bonds is 3. The molecule has 0 aliphatic carbocycles. The van der Waals surface area contributed by atoms with Crippen molar-refractivity contribution in [1.82, 2.24) is 4.90 Å². The molecule has 1 aromatic rings. The Hall–Kier alpha value is -1.24. The molecular formula is C12H17N. The van der Waals surface area contributed by atoms with Gasteiger partial charge in [-0.3, -0.25) is 0 Å². The monoisotopic (exact) mass is 175 g/mol.